The molecule has 1 aromatic carbocycles. The summed E-state index contributed by atoms with van der Waals surface area (Å²) in [4.78, 5) is 17.1. The molecule has 3 N–H and O–H groups in total. The summed E-state index contributed by atoms with van der Waals surface area (Å²) in [6.07, 6.45) is 1.35. The fourth-order valence-corrected chi connectivity index (χ4v) is 4.38. The molecule has 0 bridgehead atoms. The van der Waals surface area contributed by atoms with Crippen LogP contribution in [0.3, 0.4) is 0 Å². The van der Waals surface area contributed by atoms with Crippen molar-refractivity contribution in [1.82, 2.24) is 5.16 Å². The third-order valence-corrected chi connectivity index (χ3v) is 6.09. The van der Waals surface area contributed by atoms with Crippen molar-refractivity contribution < 1.29 is 23.5 Å². The molecule has 1 fully saturated rings. The number of nitrogens with two attached hydrogens (primary N) is 1. The first kappa shape index (κ1) is 17.1. The number of amides is 1. The maximum atomic E-state index is 12.3. The standard InChI is InChI=1S/C19H20N4O5/c1-17(2)18(8-25-9-18)19(10-26-16(20)22-19)12-7-11(3-4-14(12)28-17)21-15(24)13-5-6-27-23-13/h3-7H,8-10H2,1-2H3,(H2,20,22)(H,21,24). The topological polar surface area (TPSA) is 121 Å². The number of nitrogens with zero attached hydrogens (tertiary/aromatic N) is 2. The number of benzene rings is 1. The summed E-state index contributed by atoms with van der Waals surface area (Å²) < 4.78 is 22.3. The highest BCUT2D eigenvalue weighted by Crippen LogP contribution is 2.62. The lowest BCUT2D eigenvalue weighted by Crippen LogP contribution is -2.71. The number of aromatic nitrogens is 1. The molecule has 1 atom stereocenters. The number of aliphatic imine (C=N–C) groups is 1. The van der Waals surface area contributed by atoms with Gasteiger partial charge >= 0.3 is 0 Å². The monoisotopic (exact) mass is 384 g/mol. The minimum absolute atomic E-state index is 0.145. The molecule has 2 aromatic rings. The molecule has 9 nitrogen and oxygen atoms in total. The second-order valence-corrected chi connectivity index (χ2v) is 7.84. The smallest absolute Gasteiger partial charge is 0.283 e. The predicted molar refractivity (Wildman–Crippen MR) is 98.1 cm³/mol. The van der Waals surface area contributed by atoms with Crippen LogP contribution in [-0.4, -0.2) is 42.5 Å². The third-order valence-electron chi connectivity index (χ3n) is 6.09. The maximum absolute atomic E-state index is 12.3. The number of nitrogens with one attached hydrogen (secondary N) is 1. The number of carbonyl (C=O) groups excluding carboxylic acids is 1. The molecule has 1 saturated heterocycles. The summed E-state index contributed by atoms with van der Waals surface area (Å²) in [5, 5.41) is 6.49. The van der Waals surface area contributed by atoms with Crippen molar-refractivity contribution in [2.24, 2.45) is 16.1 Å². The second kappa shape index (κ2) is 5.48. The highest BCUT2D eigenvalue weighted by atomic mass is 16.5. The number of ether oxygens (including phenoxy) is 3. The molecule has 3 aliphatic heterocycles. The Kier molecular flexibility index (Phi) is 3.34. The van der Waals surface area contributed by atoms with Crippen LogP contribution < -0.4 is 15.8 Å². The van der Waals surface area contributed by atoms with E-state index in [4.69, 9.17) is 29.5 Å². The molecule has 9 heteroatoms. The van der Waals surface area contributed by atoms with Gasteiger partial charge in [-0.2, -0.15) is 0 Å². The highest BCUT2D eigenvalue weighted by molar-refractivity contribution is 6.02. The van der Waals surface area contributed by atoms with Crippen molar-refractivity contribution in [2.75, 3.05) is 25.1 Å². The van der Waals surface area contributed by atoms with E-state index in [1.165, 1.54) is 12.3 Å². The van der Waals surface area contributed by atoms with Crippen molar-refractivity contribution >= 4 is 17.6 Å². The van der Waals surface area contributed by atoms with Crippen LogP contribution in [0.2, 0.25) is 0 Å². The first-order chi connectivity index (χ1) is 13.4. The van der Waals surface area contributed by atoms with Gasteiger partial charge in [0.15, 0.2) is 5.69 Å². The molecule has 0 aliphatic carbocycles. The Labute approximate surface area is 160 Å². The zero-order valence-electron chi connectivity index (χ0n) is 15.5. The van der Waals surface area contributed by atoms with E-state index in [1.807, 2.05) is 26.0 Å². The van der Waals surface area contributed by atoms with E-state index in [2.05, 4.69) is 10.5 Å². The van der Waals surface area contributed by atoms with Gasteiger partial charge in [0.2, 0.25) is 0 Å². The van der Waals surface area contributed by atoms with E-state index < -0.39 is 16.6 Å². The van der Waals surface area contributed by atoms with Crippen LogP contribution in [0.15, 0.2) is 40.0 Å². The van der Waals surface area contributed by atoms with E-state index in [0.29, 0.717) is 31.3 Å². The van der Waals surface area contributed by atoms with Crippen LogP contribution in [0, 0.1) is 5.41 Å². The van der Waals surface area contributed by atoms with Crippen molar-refractivity contribution in [3.63, 3.8) is 0 Å². The first-order valence-corrected chi connectivity index (χ1v) is 8.98. The van der Waals surface area contributed by atoms with Gasteiger partial charge in [0.25, 0.3) is 11.9 Å². The minimum Gasteiger partial charge on any atom is -0.487 e. The van der Waals surface area contributed by atoms with Crippen LogP contribution in [0.25, 0.3) is 0 Å². The molecule has 3 aliphatic rings. The molecule has 5 rings (SSSR count). The predicted octanol–water partition coefficient (Wildman–Crippen LogP) is 1.65. The highest BCUT2D eigenvalue weighted by Gasteiger charge is 2.71. The Morgan fingerprint density at radius 2 is 2.04 bits per heavy atom. The van der Waals surface area contributed by atoms with E-state index in [9.17, 15) is 4.79 Å². The van der Waals surface area contributed by atoms with Crippen LogP contribution in [-0.2, 0) is 15.0 Å². The van der Waals surface area contributed by atoms with E-state index in [0.717, 1.165) is 5.56 Å². The molecule has 28 heavy (non-hydrogen) atoms. The number of hydrogen-bond donors (Lipinski definition) is 2. The number of rotatable bonds is 2. The minimum atomic E-state index is -0.749. The van der Waals surface area contributed by atoms with Crippen LogP contribution in [0.5, 0.6) is 5.75 Å². The molecule has 2 spiro atoms. The summed E-state index contributed by atoms with van der Waals surface area (Å²) >= 11 is 0. The molecule has 0 radical (unpaired) electrons. The van der Waals surface area contributed by atoms with E-state index >= 15 is 0 Å². The molecule has 1 amide bonds. The van der Waals surface area contributed by atoms with Crippen LogP contribution in [0.4, 0.5) is 5.69 Å². The lowest BCUT2D eigenvalue weighted by Gasteiger charge is -2.61. The summed E-state index contributed by atoms with van der Waals surface area (Å²) in [5.74, 6) is 0.316. The van der Waals surface area contributed by atoms with Crippen LogP contribution >= 0.6 is 0 Å². The summed E-state index contributed by atoms with van der Waals surface area (Å²) in [5.41, 5.74) is 5.81. The Hall–Kier alpha value is -3.07. The molecular formula is C19H20N4O5. The Bertz CT molecular complexity index is 980. The molecular weight excluding hydrogens is 364 g/mol. The molecule has 1 unspecified atom stereocenters. The second-order valence-electron chi connectivity index (χ2n) is 7.84. The van der Waals surface area contributed by atoms with E-state index in [-0.39, 0.29) is 17.6 Å². The summed E-state index contributed by atoms with van der Waals surface area (Å²) in [6.45, 7) is 5.32. The van der Waals surface area contributed by atoms with Gasteiger partial charge in [-0.1, -0.05) is 5.16 Å². The average molecular weight is 384 g/mol. The van der Waals surface area contributed by atoms with Crippen molar-refractivity contribution in [3.8, 4) is 5.75 Å². The van der Waals surface area contributed by atoms with Crippen molar-refractivity contribution in [2.45, 2.75) is 25.0 Å². The number of anilines is 1. The van der Waals surface area contributed by atoms with Crippen molar-refractivity contribution in [3.05, 3.63) is 41.8 Å². The first-order valence-electron chi connectivity index (χ1n) is 8.98. The van der Waals surface area contributed by atoms with Gasteiger partial charge in [-0.3, -0.25) is 4.79 Å². The molecule has 1 aromatic heterocycles. The van der Waals surface area contributed by atoms with Gasteiger partial charge in [0.1, 0.15) is 29.8 Å². The van der Waals surface area contributed by atoms with Gasteiger partial charge in [-0.15, -0.1) is 0 Å². The lowest BCUT2D eigenvalue weighted by atomic mass is 9.55. The number of amidine groups is 1. The lowest BCUT2D eigenvalue weighted by molar-refractivity contribution is -0.247. The number of hydrogen-bond acceptors (Lipinski definition) is 8. The zero-order valence-corrected chi connectivity index (χ0v) is 15.5. The van der Waals surface area contributed by atoms with Gasteiger partial charge in [0, 0.05) is 17.3 Å². The summed E-state index contributed by atoms with van der Waals surface area (Å²) in [7, 11) is 0. The van der Waals surface area contributed by atoms with Gasteiger partial charge in [-0.05, 0) is 32.0 Å². The fraction of sp³-hybridized carbons (Fsp3) is 0.421. The average Bonchev–Trinajstić information content (AvgIpc) is 3.25. The number of fused-ring (bicyclic) bond motifs is 3. The SMILES string of the molecule is CC1(C)Oc2ccc(NC(=O)c3ccon3)cc2C2(COC(N)=N2)C12COC2. The van der Waals surface area contributed by atoms with Crippen molar-refractivity contribution in [1.29, 1.82) is 0 Å². The summed E-state index contributed by atoms with van der Waals surface area (Å²) in [6, 6.07) is 7.10. The largest absolute Gasteiger partial charge is 0.487 e. The Morgan fingerprint density at radius 3 is 2.64 bits per heavy atom. The molecule has 4 heterocycles. The Balaban J connectivity index is 1.61. The van der Waals surface area contributed by atoms with E-state index in [1.54, 1.807) is 6.07 Å². The van der Waals surface area contributed by atoms with Gasteiger partial charge in [-0.25, -0.2) is 4.99 Å². The Morgan fingerprint density at radius 1 is 1.21 bits per heavy atom. The number of carbonyl (C=O) groups is 1. The quantitative estimate of drug-likeness (QED) is 0.807. The normalized spacial score (nSPS) is 26.0. The zero-order chi connectivity index (χ0) is 19.6. The maximum Gasteiger partial charge on any atom is 0.283 e. The molecule has 0 saturated carbocycles. The third kappa shape index (κ3) is 2.07. The van der Waals surface area contributed by atoms with Crippen LogP contribution in [0.1, 0.15) is 29.9 Å². The van der Waals surface area contributed by atoms with Gasteiger partial charge in [0.05, 0.1) is 18.6 Å². The fourth-order valence-electron chi connectivity index (χ4n) is 4.38. The molecule has 146 valence electrons. The van der Waals surface area contributed by atoms with Gasteiger partial charge < -0.3 is 29.8 Å².